The van der Waals surface area contributed by atoms with Crippen molar-refractivity contribution in [3.05, 3.63) is 34.6 Å². The molecule has 1 aromatic carbocycles. The fraction of sp³-hybridized carbons (Fsp3) is 0.526. The van der Waals surface area contributed by atoms with Gasteiger partial charge in [-0.25, -0.2) is 4.98 Å². The summed E-state index contributed by atoms with van der Waals surface area (Å²) in [4.78, 5) is 29.7. The van der Waals surface area contributed by atoms with E-state index in [9.17, 15) is 9.59 Å². The van der Waals surface area contributed by atoms with Crippen molar-refractivity contribution < 1.29 is 4.79 Å². The van der Waals surface area contributed by atoms with E-state index in [1.54, 1.807) is 10.6 Å². The van der Waals surface area contributed by atoms with Crippen LogP contribution < -0.4 is 10.9 Å². The summed E-state index contributed by atoms with van der Waals surface area (Å²) < 4.78 is 1.69. The standard InChI is InChI=1S/C19H27N3O2S/c1-5-12-22-18(24)15-8-6-7-9-16(15)21-19(22)25-14(4)17(23)20-11-10-13(2)3/h6-9,13-14H,5,10-12H2,1-4H3,(H,20,23). The highest BCUT2D eigenvalue weighted by molar-refractivity contribution is 8.00. The maximum atomic E-state index is 12.7. The Morgan fingerprint density at radius 3 is 2.68 bits per heavy atom. The molecule has 0 aliphatic rings. The molecule has 1 aromatic heterocycles. The maximum Gasteiger partial charge on any atom is 0.262 e. The first-order valence-corrected chi connectivity index (χ1v) is 9.76. The number of carbonyl (C=O) groups excluding carboxylic acids is 1. The molecule has 1 unspecified atom stereocenters. The van der Waals surface area contributed by atoms with E-state index in [1.807, 2.05) is 32.0 Å². The average Bonchev–Trinajstić information content (AvgIpc) is 2.58. The number of hydrogen-bond donors (Lipinski definition) is 1. The molecule has 0 spiro atoms. The third-order valence-corrected chi connectivity index (χ3v) is 5.04. The van der Waals surface area contributed by atoms with Crippen LogP contribution in [0.2, 0.25) is 0 Å². The molecule has 1 N–H and O–H groups in total. The molecular weight excluding hydrogens is 334 g/mol. The lowest BCUT2D eigenvalue weighted by Crippen LogP contribution is -2.33. The molecule has 136 valence electrons. The minimum absolute atomic E-state index is 0.0175. The number of fused-ring (bicyclic) bond motifs is 1. The minimum atomic E-state index is -0.302. The Morgan fingerprint density at radius 1 is 1.28 bits per heavy atom. The van der Waals surface area contributed by atoms with E-state index in [0.717, 1.165) is 12.8 Å². The second-order valence-electron chi connectivity index (χ2n) is 6.60. The van der Waals surface area contributed by atoms with Gasteiger partial charge in [0, 0.05) is 13.1 Å². The van der Waals surface area contributed by atoms with Crippen LogP contribution >= 0.6 is 11.8 Å². The lowest BCUT2D eigenvalue weighted by molar-refractivity contribution is -0.120. The van der Waals surface area contributed by atoms with E-state index >= 15 is 0 Å². The first kappa shape index (κ1) is 19.5. The van der Waals surface area contributed by atoms with Gasteiger partial charge in [-0.05, 0) is 37.8 Å². The molecule has 25 heavy (non-hydrogen) atoms. The number of aromatic nitrogens is 2. The number of rotatable bonds is 8. The highest BCUT2D eigenvalue weighted by Gasteiger charge is 2.19. The molecule has 0 radical (unpaired) electrons. The van der Waals surface area contributed by atoms with Crippen molar-refractivity contribution in [1.29, 1.82) is 0 Å². The molecule has 0 aliphatic carbocycles. The number of thioether (sulfide) groups is 1. The van der Waals surface area contributed by atoms with Crippen molar-refractivity contribution >= 4 is 28.6 Å². The summed E-state index contributed by atoms with van der Waals surface area (Å²) in [5.41, 5.74) is 0.636. The molecule has 6 heteroatoms. The average molecular weight is 362 g/mol. The smallest absolute Gasteiger partial charge is 0.262 e. The van der Waals surface area contributed by atoms with Crippen LogP contribution in [0.25, 0.3) is 10.9 Å². The van der Waals surface area contributed by atoms with Gasteiger partial charge in [0.1, 0.15) is 0 Å². The van der Waals surface area contributed by atoms with E-state index in [-0.39, 0.29) is 16.7 Å². The first-order chi connectivity index (χ1) is 11.9. The summed E-state index contributed by atoms with van der Waals surface area (Å²) >= 11 is 1.35. The molecule has 0 saturated carbocycles. The zero-order valence-corrected chi connectivity index (χ0v) is 16.2. The SMILES string of the molecule is CCCn1c(SC(C)C(=O)NCCC(C)C)nc2ccccc2c1=O. The van der Waals surface area contributed by atoms with Crippen molar-refractivity contribution in [2.45, 2.75) is 57.5 Å². The zero-order chi connectivity index (χ0) is 18.4. The second-order valence-corrected chi connectivity index (χ2v) is 7.91. The Balaban J connectivity index is 2.22. The molecule has 0 saturated heterocycles. The lowest BCUT2D eigenvalue weighted by atomic mass is 10.1. The topological polar surface area (TPSA) is 64.0 Å². The third-order valence-electron chi connectivity index (χ3n) is 3.95. The zero-order valence-electron chi connectivity index (χ0n) is 15.4. The summed E-state index contributed by atoms with van der Waals surface area (Å²) in [6, 6.07) is 7.35. The van der Waals surface area contributed by atoms with Gasteiger partial charge in [0.2, 0.25) is 5.91 Å². The van der Waals surface area contributed by atoms with Crippen molar-refractivity contribution in [3.63, 3.8) is 0 Å². The number of para-hydroxylation sites is 1. The molecule has 1 heterocycles. The van der Waals surface area contributed by atoms with Gasteiger partial charge in [-0.1, -0.05) is 44.7 Å². The number of carbonyl (C=O) groups is 1. The van der Waals surface area contributed by atoms with E-state index in [1.165, 1.54) is 11.8 Å². The minimum Gasteiger partial charge on any atom is -0.355 e. The summed E-state index contributed by atoms with van der Waals surface area (Å²) in [5.74, 6) is 0.538. The second kappa shape index (κ2) is 9.04. The molecule has 0 bridgehead atoms. The van der Waals surface area contributed by atoms with Crippen LogP contribution in [0.5, 0.6) is 0 Å². The van der Waals surface area contributed by atoms with Gasteiger partial charge in [0.25, 0.3) is 5.56 Å². The van der Waals surface area contributed by atoms with Gasteiger partial charge in [0.15, 0.2) is 5.16 Å². The lowest BCUT2D eigenvalue weighted by Gasteiger charge is -2.16. The van der Waals surface area contributed by atoms with Gasteiger partial charge in [-0.15, -0.1) is 0 Å². The molecule has 2 aromatic rings. The number of amides is 1. The Bertz CT molecular complexity index is 786. The number of hydrogen-bond acceptors (Lipinski definition) is 4. The van der Waals surface area contributed by atoms with Crippen LogP contribution in [0.1, 0.15) is 40.5 Å². The van der Waals surface area contributed by atoms with E-state index < -0.39 is 0 Å². The van der Waals surface area contributed by atoms with Crippen molar-refractivity contribution in [2.24, 2.45) is 5.92 Å². The van der Waals surface area contributed by atoms with Crippen LogP contribution in [-0.2, 0) is 11.3 Å². The predicted octanol–water partition coefficient (Wildman–Crippen LogP) is 3.45. The number of nitrogens with zero attached hydrogens (tertiary/aromatic N) is 2. The maximum absolute atomic E-state index is 12.7. The van der Waals surface area contributed by atoms with Gasteiger partial charge in [-0.3, -0.25) is 14.2 Å². The number of nitrogens with one attached hydrogen (secondary N) is 1. The first-order valence-electron chi connectivity index (χ1n) is 8.88. The Morgan fingerprint density at radius 2 is 2.00 bits per heavy atom. The Hall–Kier alpha value is -1.82. The Labute approximate surface area is 153 Å². The normalized spacial score (nSPS) is 12.5. The molecule has 1 amide bonds. The van der Waals surface area contributed by atoms with E-state index in [2.05, 4.69) is 24.1 Å². The summed E-state index contributed by atoms with van der Waals surface area (Å²) in [7, 11) is 0. The fourth-order valence-corrected chi connectivity index (χ4v) is 3.46. The largest absolute Gasteiger partial charge is 0.355 e. The molecule has 0 aliphatic heterocycles. The van der Waals surface area contributed by atoms with Crippen LogP contribution in [0.4, 0.5) is 0 Å². The highest BCUT2D eigenvalue weighted by atomic mass is 32.2. The fourth-order valence-electron chi connectivity index (χ4n) is 2.50. The van der Waals surface area contributed by atoms with Gasteiger partial charge < -0.3 is 5.32 Å². The van der Waals surface area contributed by atoms with Crippen molar-refractivity contribution in [3.8, 4) is 0 Å². The molecular formula is C19H27N3O2S. The van der Waals surface area contributed by atoms with E-state index in [4.69, 9.17) is 0 Å². The van der Waals surface area contributed by atoms with Crippen LogP contribution in [0.15, 0.2) is 34.2 Å². The Kier molecular flexibility index (Phi) is 7.05. The van der Waals surface area contributed by atoms with Crippen molar-refractivity contribution in [1.82, 2.24) is 14.9 Å². The summed E-state index contributed by atoms with van der Waals surface area (Å²) in [6.45, 7) is 9.42. The van der Waals surface area contributed by atoms with Crippen LogP contribution in [0.3, 0.4) is 0 Å². The van der Waals surface area contributed by atoms with Crippen molar-refractivity contribution in [2.75, 3.05) is 6.54 Å². The highest BCUT2D eigenvalue weighted by Crippen LogP contribution is 2.22. The summed E-state index contributed by atoms with van der Waals surface area (Å²) in [6.07, 6.45) is 1.79. The van der Waals surface area contributed by atoms with Gasteiger partial charge >= 0.3 is 0 Å². The van der Waals surface area contributed by atoms with Gasteiger partial charge in [0.05, 0.1) is 16.2 Å². The van der Waals surface area contributed by atoms with E-state index in [0.29, 0.717) is 35.1 Å². The molecule has 5 nitrogen and oxygen atoms in total. The number of benzene rings is 1. The molecule has 2 rings (SSSR count). The third kappa shape index (κ3) is 5.08. The monoisotopic (exact) mass is 361 g/mol. The molecule has 0 fully saturated rings. The quantitative estimate of drug-likeness (QED) is 0.578. The molecule has 1 atom stereocenters. The van der Waals surface area contributed by atoms with Crippen LogP contribution in [0, 0.1) is 5.92 Å². The van der Waals surface area contributed by atoms with Gasteiger partial charge in [-0.2, -0.15) is 0 Å². The predicted molar refractivity (Wildman–Crippen MR) is 104 cm³/mol. The summed E-state index contributed by atoms with van der Waals surface area (Å²) in [5, 5.41) is 3.89. The van der Waals surface area contributed by atoms with Crippen LogP contribution in [-0.4, -0.2) is 27.3 Å².